The minimum atomic E-state index is -0.110. The van der Waals surface area contributed by atoms with Gasteiger partial charge in [0.1, 0.15) is 0 Å². The van der Waals surface area contributed by atoms with Gasteiger partial charge in [0.05, 0.1) is 29.0 Å². The lowest BCUT2D eigenvalue weighted by Gasteiger charge is -2.22. The topological polar surface area (TPSA) is 66.9 Å². The van der Waals surface area contributed by atoms with Gasteiger partial charge in [0, 0.05) is 6.04 Å². The summed E-state index contributed by atoms with van der Waals surface area (Å²) in [5.41, 5.74) is 3.42. The molecular formula is C17H22N4O. The molecule has 1 aromatic heterocycles. The number of amides is 2. The van der Waals surface area contributed by atoms with Gasteiger partial charge in [-0.2, -0.15) is 0 Å². The first-order valence-electron chi connectivity index (χ1n) is 7.99. The summed E-state index contributed by atoms with van der Waals surface area (Å²) in [6, 6.07) is 7.99. The van der Waals surface area contributed by atoms with Crippen molar-refractivity contribution in [2.45, 2.75) is 51.6 Å². The lowest BCUT2D eigenvalue weighted by molar-refractivity contribution is 0.232. The van der Waals surface area contributed by atoms with E-state index in [0.29, 0.717) is 12.6 Å². The lowest BCUT2D eigenvalue weighted by atomic mass is 9.96. The lowest BCUT2D eigenvalue weighted by Crippen LogP contribution is -2.42. The number of carbonyl (C=O) groups is 1. The standard InChI is InChI=1S/C17H22N4O/c1-12-16(21-15-10-6-5-9-14(15)19-12)11-18-17(22)20-13-7-3-2-4-8-13/h5-6,9-10,13H,2-4,7-8,11H2,1H3,(H2,18,20,22). The Balaban J connectivity index is 1.60. The predicted octanol–water partition coefficient (Wildman–Crippen LogP) is 3.07. The van der Waals surface area contributed by atoms with Gasteiger partial charge < -0.3 is 10.6 Å². The summed E-state index contributed by atoms with van der Waals surface area (Å²) in [4.78, 5) is 21.1. The molecule has 22 heavy (non-hydrogen) atoms. The van der Waals surface area contributed by atoms with E-state index < -0.39 is 0 Å². The number of rotatable bonds is 3. The first-order valence-corrected chi connectivity index (χ1v) is 7.99. The second-order valence-electron chi connectivity index (χ2n) is 5.91. The second kappa shape index (κ2) is 6.73. The summed E-state index contributed by atoms with van der Waals surface area (Å²) < 4.78 is 0. The molecular weight excluding hydrogens is 276 g/mol. The van der Waals surface area contributed by atoms with Crippen LogP contribution in [0.4, 0.5) is 4.79 Å². The van der Waals surface area contributed by atoms with Crippen LogP contribution in [0.3, 0.4) is 0 Å². The van der Waals surface area contributed by atoms with Crippen LogP contribution >= 0.6 is 0 Å². The van der Waals surface area contributed by atoms with E-state index in [1.54, 1.807) is 0 Å². The van der Waals surface area contributed by atoms with Gasteiger partial charge in [0.25, 0.3) is 0 Å². The average Bonchev–Trinajstić information content (AvgIpc) is 2.54. The molecule has 3 rings (SSSR count). The highest BCUT2D eigenvalue weighted by Crippen LogP contribution is 2.17. The number of urea groups is 1. The fourth-order valence-corrected chi connectivity index (χ4v) is 2.94. The molecule has 1 aliphatic rings. The van der Waals surface area contributed by atoms with E-state index in [1.165, 1.54) is 19.3 Å². The molecule has 0 saturated heterocycles. The van der Waals surface area contributed by atoms with Gasteiger partial charge >= 0.3 is 6.03 Å². The third-order valence-corrected chi connectivity index (χ3v) is 4.20. The third kappa shape index (κ3) is 3.53. The largest absolute Gasteiger partial charge is 0.335 e. The zero-order valence-corrected chi connectivity index (χ0v) is 12.9. The summed E-state index contributed by atoms with van der Waals surface area (Å²) >= 11 is 0. The molecule has 1 saturated carbocycles. The number of nitrogens with zero attached hydrogens (tertiary/aromatic N) is 2. The highest BCUT2D eigenvalue weighted by molar-refractivity contribution is 5.75. The van der Waals surface area contributed by atoms with Crippen LogP contribution in [0.5, 0.6) is 0 Å². The molecule has 116 valence electrons. The van der Waals surface area contributed by atoms with E-state index in [4.69, 9.17) is 0 Å². The van der Waals surface area contributed by atoms with Crippen molar-refractivity contribution >= 4 is 17.1 Å². The molecule has 0 atom stereocenters. The van der Waals surface area contributed by atoms with Crippen molar-refractivity contribution < 1.29 is 4.79 Å². The zero-order valence-electron chi connectivity index (χ0n) is 12.9. The number of hydrogen-bond donors (Lipinski definition) is 2. The molecule has 5 heteroatoms. The molecule has 1 aliphatic carbocycles. The molecule has 0 bridgehead atoms. The predicted molar refractivity (Wildman–Crippen MR) is 86.5 cm³/mol. The van der Waals surface area contributed by atoms with Crippen molar-refractivity contribution in [2.75, 3.05) is 0 Å². The van der Waals surface area contributed by atoms with Crippen molar-refractivity contribution in [3.8, 4) is 0 Å². The summed E-state index contributed by atoms with van der Waals surface area (Å²) in [6.45, 7) is 2.33. The summed E-state index contributed by atoms with van der Waals surface area (Å²) in [5, 5.41) is 5.95. The SMILES string of the molecule is Cc1nc2ccccc2nc1CNC(=O)NC1CCCCC1. The van der Waals surface area contributed by atoms with Gasteiger partial charge in [-0.25, -0.2) is 14.8 Å². The highest BCUT2D eigenvalue weighted by atomic mass is 16.2. The monoisotopic (exact) mass is 298 g/mol. The number of hydrogen-bond acceptors (Lipinski definition) is 3. The van der Waals surface area contributed by atoms with Crippen LogP contribution in [-0.2, 0) is 6.54 Å². The third-order valence-electron chi connectivity index (χ3n) is 4.20. The van der Waals surface area contributed by atoms with Crippen molar-refractivity contribution in [3.05, 3.63) is 35.7 Å². The molecule has 1 fully saturated rings. The number of fused-ring (bicyclic) bond motifs is 1. The van der Waals surface area contributed by atoms with E-state index >= 15 is 0 Å². The number of aryl methyl sites for hydroxylation is 1. The second-order valence-corrected chi connectivity index (χ2v) is 5.91. The smallest absolute Gasteiger partial charge is 0.315 e. The van der Waals surface area contributed by atoms with Crippen LogP contribution in [0.2, 0.25) is 0 Å². The van der Waals surface area contributed by atoms with Crippen LogP contribution in [-0.4, -0.2) is 22.0 Å². The number of benzene rings is 1. The molecule has 2 amide bonds. The maximum atomic E-state index is 12.0. The molecule has 0 spiro atoms. The Hall–Kier alpha value is -2.17. The summed E-state index contributed by atoms with van der Waals surface area (Å²) in [5.74, 6) is 0. The number of aromatic nitrogens is 2. The van der Waals surface area contributed by atoms with Gasteiger partial charge in [0.15, 0.2) is 0 Å². The van der Waals surface area contributed by atoms with Crippen LogP contribution < -0.4 is 10.6 Å². The Bertz CT molecular complexity index is 665. The summed E-state index contributed by atoms with van der Waals surface area (Å²) in [6.07, 6.45) is 5.87. The van der Waals surface area contributed by atoms with Crippen LogP contribution in [0.1, 0.15) is 43.5 Å². The number of para-hydroxylation sites is 2. The zero-order chi connectivity index (χ0) is 15.4. The fraction of sp³-hybridized carbons (Fsp3) is 0.471. The Kier molecular flexibility index (Phi) is 4.51. The van der Waals surface area contributed by atoms with E-state index in [-0.39, 0.29) is 6.03 Å². The average molecular weight is 298 g/mol. The molecule has 1 aromatic carbocycles. The van der Waals surface area contributed by atoms with Gasteiger partial charge in [-0.15, -0.1) is 0 Å². The van der Waals surface area contributed by atoms with E-state index in [9.17, 15) is 4.79 Å². The first kappa shape index (κ1) is 14.8. The molecule has 0 radical (unpaired) electrons. The van der Waals surface area contributed by atoms with Crippen molar-refractivity contribution in [1.82, 2.24) is 20.6 Å². The fourth-order valence-electron chi connectivity index (χ4n) is 2.94. The van der Waals surface area contributed by atoms with E-state index in [0.717, 1.165) is 35.3 Å². The molecule has 1 heterocycles. The van der Waals surface area contributed by atoms with Gasteiger partial charge in [0.2, 0.25) is 0 Å². The highest BCUT2D eigenvalue weighted by Gasteiger charge is 2.15. The molecule has 0 unspecified atom stereocenters. The van der Waals surface area contributed by atoms with Gasteiger partial charge in [-0.1, -0.05) is 31.4 Å². The Morgan fingerprint density at radius 2 is 1.82 bits per heavy atom. The van der Waals surface area contributed by atoms with Gasteiger partial charge in [-0.05, 0) is 31.9 Å². The van der Waals surface area contributed by atoms with Gasteiger partial charge in [-0.3, -0.25) is 0 Å². The molecule has 0 aliphatic heterocycles. The first-order chi connectivity index (χ1) is 10.7. The molecule has 5 nitrogen and oxygen atoms in total. The van der Waals surface area contributed by atoms with Crippen LogP contribution in [0.15, 0.2) is 24.3 Å². The maximum absolute atomic E-state index is 12.0. The number of nitrogens with one attached hydrogen (secondary N) is 2. The minimum Gasteiger partial charge on any atom is -0.335 e. The van der Waals surface area contributed by atoms with Crippen LogP contribution in [0.25, 0.3) is 11.0 Å². The normalized spacial score (nSPS) is 15.7. The quantitative estimate of drug-likeness (QED) is 0.915. The van der Waals surface area contributed by atoms with Crippen molar-refractivity contribution in [2.24, 2.45) is 0 Å². The molecule has 2 aromatic rings. The Morgan fingerprint density at radius 1 is 1.14 bits per heavy atom. The Morgan fingerprint density at radius 3 is 2.55 bits per heavy atom. The maximum Gasteiger partial charge on any atom is 0.315 e. The number of carbonyl (C=O) groups excluding carboxylic acids is 1. The van der Waals surface area contributed by atoms with Crippen molar-refractivity contribution in [3.63, 3.8) is 0 Å². The minimum absolute atomic E-state index is 0.110. The van der Waals surface area contributed by atoms with Crippen molar-refractivity contribution in [1.29, 1.82) is 0 Å². The molecule has 2 N–H and O–H groups in total. The van der Waals surface area contributed by atoms with Crippen LogP contribution in [0, 0.1) is 6.92 Å². The van der Waals surface area contributed by atoms with E-state index in [1.807, 2.05) is 31.2 Å². The summed E-state index contributed by atoms with van der Waals surface area (Å²) in [7, 11) is 0. The van der Waals surface area contributed by atoms with E-state index in [2.05, 4.69) is 20.6 Å². The Labute approximate surface area is 130 Å².